The number of nitrogens with one attached hydrogen (secondary N) is 2. The summed E-state index contributed by atoms with van der Waals surface area (Å²) in [7, 11) is 1.29. The number of imidazole rings is 2. The van der Waals surface area contributed by atoms with Crippen molar-refractivity contribution in [3.05, 3.63) is 54.4 Å². The molecule has 2 aliphatic rings. The van der Waals surface area contributed by atoms with Gasteiger partial charge in [-0.05, 0) is 63.5 Å². The van der Waals surface area contributed by atoms with Crippen molar-refractivity contribution in [1.82, 2.24) is 34.5 Å². The summed E-state index contributed by atoms with van der Waals surface area (Å²) in [6.07, 6.45) is 7.80. The Hall–Kier alpha value is -4.72. The van der Waals surface area contributed by atoms with Gasteiger partial charge < -0.3 is 24.7 Å². The molecule has 0 bridgehead atoms. The van der Waals surface area contributed by atoms with E-state index in [2.05, 4.69) is 15.3 Å². The van der Waals surface area contributed by atoms with Gasteiger partial charge in [-0.2, -0.15) is 0 Å². The Labute approximate surface area is 295 Å². The van der Waals surface area contributed by atoms with Crippen molar-refractivity contribution in [3.63, 3.8) is 0 Å². The van der Waals surface area contributed by atoms with Crippen molar-refractivity contribution in [2.75, 3.05) is 20.2 Å². The van der Waals surface area contributed by atoms with Crippen LogP contribution in [0.15, 0.2) is 42.9 Å². The fraction of sp³-hybridized carbons (Fsp3) is 0.500. The Balaban J connectivity index is 1.10. The lowest BCUT2D eigenvalue weighted by atomic mass is 10.0. The first-order valence-electron chi connectivity index (χ1n) is 17.1. The van der Waals surface area contributed by atoms with Crippen LogP contribution in [0.2, 0.25) is 0 Å². The number of methoxy groups -OCH3 is 1. The maximum absolute atomic E-state index is 13.5. The van der Waals surface area contributed by atoms with Gasteiger partial charge in [0.2, 0.25) is 5.91 Å². The molecule has 2 aliphatic heterocycles. The monoisotopic (exact) mass is 703 g/mol. The molecular formula is C36H45N7O6S. The Morgan fingerprint density at radius 2 is 1.72 bits per heavy atom. The van der Waals surface area contributed by atoms with Crippen LogP contribution in [-0.4, -0.2) is 90.9 Å². The van der Waals surface area contributed by atoms with E-state index < -0.39 is 29.9 Å². The number of alkyl carbamates (subject to hydrolysis) is 1. The van der Waals surface area contributed by atoms with Gasteiger partial charge >= 0.3 is 12.2 Å². The number of rotatable bonds is 9. The topological polar surface area (TPSA) is 151 Å². The fourth-order valence-corrected chi connectivity index (χ4v) is 7.65. The number of aromatic nitrogens is 4. The van der Waals surface area contributed by atoms with E-state index in [1.165, 1.54) is 7.11 Å². The van der Waals surface area contributed by atoms with Crippen LogP contribution in [0.4, 0.5) is 9.59 Å². The Morgan fingerprint density at radius 3 is 2.40 bits per heavy atom. The molecule has 6 rings (SSSR count). The maximum atomic E-state index is 13.5. The average Bonchev–Trinajstić information content (AvgIpc) is 3.89. The van der Waals surface area contributed by atoms with Gasteiger partial charge in [-0.3, -0.25) is 18.9 Å². The Kier molecular flexibility index (Phi) is 10.0. The maximum Gasteiger partial charge on any atom is 0.410 e. The molecule has 0 unspecified atom stereocenters. The van der Waals surface area contributed by atoms with Crippen LogP contribution in [0.3, 0.4) is 0 Å². The van der Waals surface area contributed by atoms with E-state index in [-0.39, 0.29) is 30.1 Å². The fourth-order valence-electron chi connectivity index (χ4n) is 6.66. The molecule has 2 N–H and O–H groups in total. The number of hydrogen-bond acceptors (Lipinski definition) is 9. The summed E-state index contributed by atoms with van der Waals surface area (Å²) in [5.74, 6) is 0.441. The summed E-state index contributed by atoms with van der Waals surface area (Å²) < 4.78 is 12.2. The zero-order chi connectivity index (χ0) is 35.7. The molecule has 13 nitrogen and oxygen atoms in total. The molecule has 0 spiro atoms. The normalized spacial score (nSPS) is 18.5. The van der Waals surface area contributed by atoms with Gasteiger partial charge in [-0.15, -0.1) is 0 Å². The highest BCUT2D eigenvalue weighted by Gasteiger charge is 2.38. The van der Waals surface area contributed by atoms with Gasteiger partial charge in [-0.1, -0.05) is 49.4 Å². The van der Waals surface area contributed by atoms with Gasteiger partial charge in [0.1, 0.15) is 17.5 Å². The number of Topliss-reactive ketones (excluding diaryl/α,β-unsaturated/α-hetero) is 1. The van der Waals surface area contributed by atoms with Crippen molar-refractivity contribution in [2.45, 2.75) is 90.4 Å². The number of ether oxygens (including phenoxy) is 2. The second kappa shape index (κ2) is 14.3. The van der Waals surface area contributed by atoms with Gasteiger partial charge in [0.25, 0.3) is 0 Å². The minimum atomic E-state index is -0.687. The number of nitrogens with zero attached hydrogens (tertiary/aromatic N) is 5. The van der Waals surface area contributed by atoms with E-state index >= 15 is 0 Å². The van der Waals surface area contributed by atoms with Crippen molar-refractivity contribution >= 4 is 40.2 Å². The molecule has 2 fully saturated rings. The van der Waals surface area contributed by atoms with Gasteiger partial charge in [-0.25, -0.2) is 19.6 Å². The zero-order valence-electron chi connectivity index (χ0n) is 29.4. The summed E-state index contributed by atoms with van der Waals surface area (Å²) in [4.78, 5) is 69.2. The van der Waals surface area contributed by atoms with Gasteiger partial charge in [0, 0.05) is 25.5 Å². The molecule has 2 saturated heterocycles. The predicted molar refractivity (Wildman–Crippen MR) is 189 cm³/mol. The average molecular weight is 704 g/mol. The lowest BCUT2D eigenvalue weighted by Gasteiger charge is -2.30. The van der Waals surface area contributed by atoms with E-state index in [0.29, 0.717) is 25.2 Å². The van der Waals surface area contributed by atoms with Crippen molar-refractivity contribution in [1.29, 1.82) is 0 Å². The second-order valence-electron chi connectivity index (χ2n) is 14.3. The highest BCUT2D eigenvalue weighted by atomic mass is 32.1. The minimum absolute atomic E-state index is 0.0283. The van der Waals surface area contributed by atoms with Crippen LogP contribution in [0.1, 0.15) is 77.9 Å². The molecule has 50 heavy (non-hydrogen) atoms. The SMILES string of the molecule is COC(=O)N[C@H](C(=O)N1CCC[C@H]1c1ncc(-c2ccc(-c3cn4cc(CC(=O)[C@@H]5CCCN5C(=O)OC(C)(C)C)nc4s3)cc2)[nH]1)C(C)C. The predicted octanol–water partition coefficient (Wildman–Crippen LogP) is 6.01. The van der Waals surface area contributed by atoms with Crippen molar-refractivity contribution < 1.29 is 28.7 Å². The standard InChI is InChI=1S/C36H45N7O6S/c1-21(2)30(40-34(46)48-6)32(45)42-15-8-10-27(42)31-37-18-25(39-31)22-11-13-23(14-12-22)29-20-41-19-24(38-33(41)50-29)17-28(44)26-9-7-16-43(26)35(47)49-36(3,4)5/h11-14,18-21,26-27,30H,7-10,15-17H2,1-6H3,(H,37,39)(H,40,46)/t26-,27-,30-/m0/s1. The molecular weight excluding hydrogens is 659 g/mol. The summed E-state index contributed by atoms with van der Waals surface area (Å²) in [6, 6.07) is 6.78. The van der Waals surface area contributed by atoms with E-state index in [9.17, 15) is 19.2 Å². The molecule has 0 aliphatic carbocycles. The summed E-state index contributed by atoms with van der Waals surface area (Å²) in [5.41, 5.74) is 2.90. The Bertz CT molecular complexity index is 1840. The third kappa shape index (κ3) is 7.54. The zero-order valence-corrected chi connectivity index (χ0v) is 30.2. The molecule has 4 aromatic rings. The smallest absolute Gasteiger partial charge is 0.410 e. The number of carbonyl (C=O) groups is 4. The molecule has 0 radical (unpaired) electrons. The van der Waals surface area contributed by atoms with Gasteiger partial charge in [0.15, 0.2) is 10.7 Å². The van der Waals surface area contributed by atoms with Crippen LogP contribution < -0.4 is 5.32 Å². The number of aromatic amines is 1. The second-order valence-corrected chi connectivity index (χ2v) is 15.3. The number of H-pyrrole nitrogens is 1. The summed E-state index contributed by atoms with van der Waals surface area (Å²) >= 11 is 1.54. The van der Waals surface area contributed by atoms with Crippen LogP contribution in [-0.2, 0) is 25.5 Å². The van der Waals surface area contributed by atoms with Crippen LogP contribution in [0.25, 0.3) is 26.7 Å². The quantitative estimate of drug-likeness (QED) is 0.215. The molecule has 266 valence electrons. The summed E-state index contributed by atoms with van der Waals surface area (Å²) in [6.45, 7) is 10.4. The molecule has 1 aromatic carbocycles. The summed E-state index contributed by atoms with van der Waals surface area (Å²) in [5, 5.41) is 2.69. The molecule has 3 aromatic heterocycles. The number of hydrogen-bond donors (Lipinski definition) is 2. The lowest BCUT2D eigenvalue weighted by molar-refractivity contribution is -0.135. The van der Waals surface area contributed by atoms with Crippen molar-refractivity contribution in [3.8, 4) is 21.7 Å². The first-order valence-corrected chi connectivity index (χ1v) is 17.9. The number of fused-ring (bicyclic) bond motifs is 1. The van der Waals surface area contributed by atoms with E-state index in [1.807, 2.05) is 75.7 Å². The number of thiazole rings is 1. The minimum Gasteiger partial charge on any atom is -0.453 e. The largest absolute Gasteiger partial charge is 0.453 e. The first kappa shape index (κ1) is 35.1. The number of amides is 3. The van der Waals surface area contributed by atoms with Crippen LogP contribution >= 0.6 is 11.3 Å². The highest BCUT2D eigenvalue weighted by molar-refractivity contribution is 7.20. The third-order valence-electron chi connectivity index (χ3n) is 9.13. The molecule has 5 heterocycles. The highest BCUT2D eigenvalue weighted by Crippen LogP contribution is 2.34. The van der Waals surface area contributed by atoms with E-state index in [0.717, 1.165) is 51.7 Å². The number of likely N-dealkylation sites (tertiary alicyclic amines) is 2. The number of ketones is 1. The van der Waals surface area contributed by atoms with Crippen LogP contribution in [0, 0.1) is 5.92 Å². The van der Waals surface area contributed by atoms with Crippen molar-refractivity contribution in [2.24, 2.45) is 5.92 Å². The van der Waals surface area contributed by atoms with Gasteiger partial charge in [0.05, 0.1) is 48.1 Å². The first-order chi connectivity index (χ1) is 23.8. The molecule has 14 heteroatoms. The van der Waals surface area contributed by atoms with E-state index in [1.54, 1.807) is 27.3 Å². The Morgan fingerprint density at radius 1 is 1.02 bits per heavy atom. The molecule has 3 amide bonds. The number of carbonyl (C=O) groups excluding carboxylic acids is 4. The van der Waals surface area contributed by atoms with E-state index in [4.69, 9.17) is 14.5 Å². The molecule has 3 atom stereocenters. The molecule has 0 saturated carbocycles. The third-order valence-corrected chi connectivity index (χ3v) is 10.2. The number of benzene rings is 1. The lowest BCUT2D eigenvalue weighted by Crippen LogP contribution is -2.51. The van der Waals surface area contributed by atoms with Crippen LogP contribution in [0.5, 0.6) is 0 Å².